The second kappa shape index (κ2) is 6.44. The number of rotatable bonds is 3. The Hall–Kier alpha value is -2.30. The van der Waals surface area contributed by atoms with Crippen molar-refractivity contribution in [3.8, 4) is 0 Å². The van der Waals surface area contributed by atoms with Gasteiger partial charge in [0.1, 0.15) is 0 Å². The van der Waals surface area contributed by atoms with E-state index in [1.807, 2.05) is 6.92 Å². The number of nitrogens with one attached hydrogen (secondary N) is 2. The highest BCUT2D eigenvalue weighted by atomic mass is 32.2. The maximum Gasteiger partial charge on any atom is 0.315 e. The van der Waals surface area contributed by atoms with Gasteiger partial charge in [0.25, 0.3) is 0 Å². The van der Waals surface area contributed by atoms with Crippen molar-refractivity contribution in [3.05, 3.63) is 34.8 Å². The summed E-state index contributed by atoms with van der Waals surface area (Å²) in [5, 5.41) is 10.1. The molecule has 1 aromatic carbocycles. The van der Waals surface area contributed by atoms with Gasteiger partial charge in [0.15, 0.2) is 5.13 Å². The summed E-state index contributed by atoms with van der Waals surface area (Å²) in [7, 11) is -3.81. The molecule has 0 fully saturated rings. The first-order chi connectivity index (χ1) is 10.7. The summed E-state index contributed by atoms with van der Waals surface area (Å²) in [4.78, 5) is 28.6. The van der Waals surface area contributed by atoms with Crippen LogP contribution in [-0.4, -0.2) is 25.2 Å². The van der Waals surface area contributed by atoms with Gasteiger partial charge in [-0.15, -0.1) is 11.3 Å². The molecule has 1 heterocycles. The smallest absolute Gasteiger partial charge is 0.315 e. The van der Waals surface area contributed by atoms with Gasteiger partial charge in [-0.05, 0) is 38.1 Å². The fourth-order valence-corrected chi connectivity index (χ4v) is 2.92. The third-order valence-electron chi connectivity index (χ3n) is 2.90. The van der Waals surface area contributed by atoms with Gasteiger partial charge in [-0.3, -0.25) is 14.9 Å². The minimum atomic E-state index is -3.81. The van der Waals surface area contributed by atoms with Crippen LogP contribution < -0.4 is 15.8 Å². The minimum absolute atomic E-state index is 0.0892. The zero-order valence-corrected chi connectivity index (χ0v) is 13.9. The number of hydrogen-bond donors (Lipinski definition) is 3. The van der Waals surface area contributed by atoms with Crippen molar-refractivity contribution in [1.29, 1.82) is 0 Å². The summed E-state index contributed by atoms with van der Waals surface area (Å²) in [5.74, 6) is -1.76. The zero-order valence-electron chi connectivity index (χ0n) is 12.3. The van der Waals surface area contributed by atoms with Crippen molar-refractivity contribution in [2.45, 2.75) is 18.7 Å². The third kappa shape index (κ3) is 4.34. The summed E-state index contributed by atoms with van der Waals surface area (Å²) in [6, 6.07) is 5.14. The molecule has 2 amide bonds. The van der Waals surface area contributed by atoms with Gasteiger partial charge < -0.3 is 5.32 Å². The van der Waals surface area contributed by atoms with E-state index in [1.54, 1.807) is 6.92 Å². The van der Waals surface area contributed by atoms with Crippen molar-refractivity contribution in [2.24, 2.45) is 5.14 Å². The monoisotopic (exact) mass is 354 g/mol. The van der Waals surface area contributed by atoms with Crippen LogP contribution in [0.2, 0.25) is 0 Å². The zero-order chi connectivity index (χ0) is 17.2. The van der Waals surface area contributed by atoms with Crippen LogP contribution in [0.15, 0.2) is 29.2 Å². The number of amides is 2. The highest BCUT2D eigenvalue weighted by Crippen LogP contribution is 2.21. The molecule has 0 saturated carbocycles. The second-order valence-electron chi connectivity index (χ2n) is 4.64. The van der Waals surface area contributed by atoms with Gasteiger partial charge in [0, 0.05) is 10.6 Å². The topological polar surface area (TPSA) is 131 Å². The van der Waals surface area contributed by atoms with Crippen LogP contribution >= 0.6 is 11.3 Å². The number of thiazole rings is 1. The van der Waals surface area contributed by atoms with E-state index >= 15 is 0 Å². The molecule has 0 atom stereocenters. The first kappa shape index (κ1) is 17.1. The number of aryl methyl sites for hydroxylation is 2. The molecule has 8 nitrogen and oxygen atoms in total. The predicted molar refractivity (Wildman–Crippen MR) is 86.7 cm³/mol. The van der Waals surface area contributed by atoms with Crippen LogP contribution in [0.25, 0.3) is 0 Å². The van der Waals surface area contributed by atoms with E-state index in [9.17, 15) is 18.0 Å². The average molecular weight is 354 g/mol. The normalized spacial score (nSPS) is 11.1. The van der Waals surface area contributed by atoms with Gasteiger partial charge in [-0.1, -0.05) is 0 Å². The Labute approximate surface area is 136 Å². The summed E-state index contributed by atoms with van der Waals surface area (Å²) in [5.41, 5.74) is 1.05. The van der Waals surface area contributed by atoms with E-state index in [1.165, 1.54) is 35.6 Å². The minimum Gasteiger partial charge on any atom is -0.318 e. The lowest BCUT2D eigenvalue weighted by Gasteiger charge is -2.05. The quantitative estimate of drug-likeness (QED) is 0.707. The number of carbonyl (C=O) groups is 2. The fourth-order valence-electron chi connectivity index (χ4n) is 1.60. The van der Waals surface area contributed by atoms with Crippen LogP contribution in [0.3, 0.4) is 0 Å². The van der Waals surface area contributed by atoms with E-state index in [-0.39, 0.29) is 10.6 Å². The Morgan fingerprint density at radius 3 is 2.13 bits per heavy atom. The van der Waals surface area contributed by atoms with Gasteiger partial charge in [-0.2, -0.15) is 0 Å². The highest BCUT2D eigenvalue weighted by Gasteiger charge is 2.16. The van der Waals surface area contributed by atoms with Crippen LogP contribution in [0, 0.1) is 13.8 Å². The van der Waals surface area contributed by atoms with E-state index in [0.717, 1.165) is 10.6 Å². The van der Waals surface area contributed by atoms with Crippen molar-refractivity contribution in [1.82, 2.24) is 4.98 Å². The molecular formula is C13H14N4O4S2. The van der Waals surface area contributed by atoms with Gasteiger partial charge in [0.05, 0.1) is 10.6 Å². The van der Waals surface area contributed by atoms with Crippen molar-refractivity contribution in [3.63, 3.8) is 0 Å². The highest BCUT2D eigenvalue weighted by molar-refractivity contribution is 7.89. The van der Waals surface area contributed by atoms with Crippen LogP contribution in [-0.2, 0) is 19.6 Å². The number of carbonyl (C=O) groups excluding carboxylic acids is 2. The second-order valence-corrected chi connectivity index (χ2v) is 7.40. The average Bonchev–Trinajstić information content (AvgIpc) is 2.76. The number of sulfonamides is 1. The van der Waals surface area contributed by atoms with E-state index < -0.39 is 21.8 Å². The molecule has 122 valence electrons. The third-order valence-corrected chi connectivity index (χ3v) is 4.81. The molecule has 4 N–H and O–H groups in total. The number of nitrogens with two attached hydrogens (primary N) is 1. The molecule has 0 bridgehead atoms. The molecular weight excluding hydrogens is 340 g/mol. The molecule has 0 spiro atoms. The lowest BCUT2D eigenvalue weighted by molar-refractivity contribution is -0.132. The molecule has 2 rings (SSSR count). The molecule has 2 aromatic rings. The molecule has 0 radical (unpaired) electrons. The molecule has 1 aromatic heterocycles. The van der Waals surface area contributed by atoms with Gasteiger partial charge in [0.2, 0.25) is 10.0 Å². The number of anilines is 2. The first-order valence-electron chi connectivity index (χ1n) is 6.36. The van der Waals surface area contributed by atoms with Crippen LogP contribution in [0.5, 0.6) is 0 Å². The Balaban J connectivity index is 2.02. The Morgan fingerprint density at radius 1 is 1.09 bits per heavy atom. The molecule has 0 aliphatic rings. The summed E-state index contributed by atoms with van der Waals surface area (Å²) >= 11 is 1.27. The number of nitrogens with zero attached hydrogens (tertiary/aromatic N) is 1. The predicted octanol–water partition coefficient (Wildman–Crippen LogP) is 0.985. The lowest BCUT2D eigenvalue weighted by Crippen LogP contribution is -2.29. The Bertz CT molecular complexity index is 837. The fraction of sp³-hybridized carbons (Fsp3) is 0.154. The lowest BCUT2D eigenvalue weighted by atomic mass is 10.3. The number of primary sulfonamides is 1. The van der Waals surface area contributed by atoms with E-state index in [2.05, 4.69) is 15.6 Å². The Morgan fingerprint density at radius 2 is 1.65 bits per heavy atom. The number of aromatic nitrogens is 1. The van der Waals surface area contributed by atoms with Crippen molar-refractivity contribution in [2.75, 3.05) is 10.6 Å². The molecule has 10 heteroatoms. The summed E-state index contributed by atoms with van der Waals surface area (Å²) in [6.45, 7) is 3.66. The van der Waals surface area contributed by atoms with Crippen molar-refractivity contribution < 1.29 is 18.0 Å². The van der Waals surface area contributed by atoms with Gasteiger partial charge >= 0.3 is 11.8 Å². The Kier molecular flexibility index (Phi) is 4.78. The molecule has 0 saturated heterocycles. The van der Waals surface area contributed by atoms with Crippen molar-refractivity contribution >= 4 is 44.0 Å². The van der Waals surface area contributed by atoms with Crippen LogP contribution in [0.4, 0.5) is 10.8 Å². The summed E-state index contributed by atoms with van der Waals surface area (Å²) in [6.07, 6.45) is 0. The standard InChI is InChI=1S/C13H14N4O4S2/c1-7-8(2)22-13(15-7)17-12(19)11(18)16-9-3-5-10(6-4-9)23(14,20)21/h3-6H,1-2H3,(H,16,18)(H2,14,20,21)(H,15,17,19). The van der Waals surface area contributed by atoms with Crippen LogP contribution in [0.1, 0.15) is 10.6 Å². The molecule has 0 unspecified atom stereocenters. The maximum atomic E-state index is 11.8. The van der Waals surface area contributed by atoms with E-state index in [0.29, 0.717) is 5.13 Å². The largest absolute Gasteiger partial charge is 0.318 e. The SMILES string of the molecule is Cc1nc(NC(=O)C(=O)Nc2ccc(S(N)(=O)=O)cc2)sc1C. The molecule has 23 heavy (non-hydrogen) atoms. The maximum absolute atomic E-state index is 11.8. The number of hydrogen-bond acceptors (Lipinski definition) is 6. The van der Waals surface area contributed by atoms with Gasteiger partial charge in [-0.25, -0.2) is 18.5 Å². The molecule has 0 aliphatic carbocycles. The van der Waals surface area contributed by atoms with E-state index in [4.69, 9.17) is 5.14 Å². The summed E-state index contributed by atoms with van der Waals surface area (Å²) < 4.78 is 22.3. The molecule has 0 aliphatic heterocycles. The first-order valence-corrected chi connectivity index (χ1v) is 8.72. The number of benzene rings is 1.